The monoisotopic (exact) mass is 454 g/mol. The Balaban J connectivity index is 2.60. The zero-order valence-electron chi connectivity index (χ0n) is 16.6. The van der Waals surface area contributed by atoms with Gasteiger partial charge in [0.1, 0.15) is 0 Å². The summed E-state index contributed by atoms with van der Waals surface area (Å²) in [6.45, 7) is 0. The number of rotatable bonds is 6. The molecule has 0 radical (unpaired) electrons. The minimum atomic E-state index is -4.34. The highest BCUT2D eigenvalue weighted by Crippen LogP contribution is 2.26. The average molecular weight is 455 g/mol. The zero-order chi connectivity index (χ0) is 22.6. The quantitative estimate of drug-likeness (QED) is 0.665. The molecular weight excluding hydrogens is 436 g/mol. The molecule has 2 rings (SSSR count). The van der Waals surface area contributed by atoms with Crippen LogP contribution in [0.5, 0.6) is 0 Å². The number of halogens is 1. The Hall–Kier alpha value is -3.11. The molecule has 0 aliphatic carbocycles. The van der Waals surface area contributed by atoms with Crippen LogP contribution in [0.2, 0.25) is 5.02 Å². The molecule has 0 heterocycles. The van der Waals surface area contributed by atoms with Crippen molar-refractivity contribution < 1.29 is 32.3 Å². The molecule has 0 unspecified atom stereocenters. The number of benzene rings is 2. The number of nitrogens with one attached hydrogen (secondary N) is 1. The van der Waals surface area contributed by atoms with Crippen molar-refractivity contribution in [3.8, 4) is 0 Å². The van der Waals surface area contributed by atoms with Gasteiger partial charge < -0.3 is 14.4 Å². The second kappa shape index (κ2) is 9.14. The Morgan fingerprint density at radius 1 is 0.933 bits per heavy atom. The highest BCUT2D eigenvalue weighted by atomic mass is 35.5. The van der Waals surface area contributed by atoms with Gasteiger partial charge in [-0.1, -0.05) is 11.6 Å². The van der Waals surface area contributed by atoms with Crippen LogP contribution in [-0.4, -0.2) is 59.5 Å². The molecule has 0 aromatic heterocycles. The molecule has 0 spiro atoms. The number of carbonyl (C=O) groups excluding carboxylic acids is 3. The summed E-state index contributed by atoms with van der Waals surface area (Å²) in [6, 6.07) is 7.34. The second-order valence-electron chi connectivity index (χ2n) is 6.22. The molecule has 0 aliphatic rings. The highest BCUT2D eigenvalue weighted by Gasteiger charge is 2.24. The largest absolute Gasteiger partial charge is 0.465 e. The lowest BCUT2D eigenvalue weighted by atomic mass is 10.1. The number of amides is 1. The van der Waals surface area contributed by atoms with Crippen LogP contribution in [0.15, 0.2) is 41.3 Å². The summed E-state index contributed by atoms with van der Waals surface area (Å²) < 4.78 is 37.5. The van der Waals surface area contributed by atoms with E-state index in [9.17, 15) is 22.8 Å². The first kappa shape index (κ1) is 23.2. The van der Waals surface area contributed by atoms with Crippen molar-refractivity contribution >= 4 is 45.2 Å². The minimum Gasteiger partial charge on any atom is -0.465 e. The van der Waals surface area contributed by atoms with Crippen LogP contribution >= 0.6 is 11.6 Å². The van der Waals surface area contributed by atoms with Gasteiger partial charge in [-0.05, 0) is 36.4 Å². The maximum absolute atomic E-state index is 13.0. The van der Waals surface area contributed by atoms with E-state index in [1.54, 1.807) is 0 Å². The van der Waals surface area contributed by atoms with Crippen LogP contribution < -0.4 is 4.72 Å². The van der Waals surface area contributed by atoms with Crippen LogP contribution in [0, 0.1) is 0 Å². The average Bonchev–Trinajstić information content (AvgIpc) is 2.71. The molecule has 2 aromatic rings. The maximum Gasteiger partial charge on any atom is 0.337 e. The van der Waals surface area contributed by atoms with Crippen molar-refractivity contribution in [1.29, 1.82) is 0 Å². The van der Waals surface area contributed by atoms with Gasteiger partial charge >= 0.3 is 11.9 Å². The summed E-state index contributed by atoms with van der Waals surface area (Å²) in [5, 5.41) is 0.196. The van der Waals surface area contributed by atoms with Crippen molar-refractivity contribution in [3.63, 3.8) is 0 Å². The first-order chi connectivity index (χ1) is 14.0. The normalized spacial score (nSPS) is 10.8. The molecule has 2 aromatic carbocycles. The number of hydrogen-bond donors (Lipinski definition) is 1. The summed E-state index contributed by atoms with van der Waals surface area (Å²) in [5.74, 6) is -2.14. The van der Waals surface area contributed by atoms with E-state index in [0.717, 1.165) is 32.4 Å². The first-order valence-corrected chi connectivity index (χ1v) is 10.2. The number of methoxy groups -OCH3 is 2. The molecule has 160 valence electrons. The van der Waals surface area contributed by atoms with Crippen molar-refractivity contribution in [2.45, 2.75) is 4.90 Å². The van der Waals surface area contributed by atoms with Crippen molar-refractivity contribution in [3.05, 3.63) is 58.1 Å². The number of anilines is 1. The third kappa shape index (κ3) is 5.08. The molecule has 30 heavy (non-hydrogen) atoms. The smallest absolute Gasteiger partial charge is 0.337 e. The van der Waals surface area contributed by atoms with E-state index < -0.39 is 32.8 Å². The summed E-state index contributed by atoms with van der Waals surface area (Å²) in [6.07, 6.45) is 0. The molecular formula is C19H19ClN2O7S. The van der Waals surface area contributed by atoms with Gasteiger partial charge in [0.25, 0.3) is 15.9 Å². The van der Waals surface area contributed by atoms with Gasteiger partial charge in [-0.15, -0.1) is 0 Å². The van der Waals surface area contributed by atoms with Gasteiger partial charge in [-0.25, -0.2) is 18.0 Å². The van der Waals surface area contributed by atoms with Crippen molar-refractivity contribution in [1.82, 2.24) is 4.90 Å². The summed E-state index contributed by atoms with van der Waals surface area (Å²) in [4.78, 5) is 37.1. The van der Waals surface area contributed by atoms with Crippen LogP contribution in [0.1, 0.15) is 31.1 Å². The minimum absolute atomic E-state index is 0.0605. The third-order valence-corrected chi connectivity index (χ3v) is 5.50. The Morgan fingerprint density at radius 3 is 1.93 bits per heavy atom. The van der Waals surface area contributed by atoms with Crippen LogP contribution in [0.4, 0.5) is 5.69 Å². The van der Waals surface area contributed by atoms with E-state index in [1.807, 2.05) is 0 Å². The molecule has 0 atom stereocenters. The van der Waals surface area contributed by atoms with Gasteiger partial charge in [0, 0.05) is 19.1 Å². The van der Waals surface area contributed by atoms with E-state index in [4.69, 9.17) is 11.6 Å². The number of nitrogens with zero attached hydrogens (tertiary/aromatic N) is 1. The fourth-order valence-electron chi connectivity index (χ4n) is 2.46. The Kier molecular flexibility index (Phi) is 7.06. The number of ether oxygens (including phenoxy) is 2. The lowest BCUT2D eigenvalue weighted by Gasteiger charge is -2.16. The van der Waals surface area contributed by atoms with Crippen molar-refractivity contribution in [2.75, 3.05) is 33.0 Å². The van der Waals surface area contributed by atoms with E-state index in [2.05, 4.69) is 14.2 Å². The second-order valence-corrected chi connectivity index (χ2v) is 8.34. The van der Waals surface area contributed by atoms with Crippen LogP contribution in [0.3, 0.4) is 0 Å². The van der Waals surface area contributed by atoms with E-state index in [1.165, 1.54) is 37.2 Å². The molecule has 0 aliphatic heterocycles. The summed E-state index contributed by atoms with van der Waals surface area (Å²) in [7, 11) is 0.919. The van der Waals surface area contributed by atoms with Gasteiger partial charge in [-0.2, -0.15) is 0 Å². The molecule has 1 N–H and O–H groups in total. The molecule has 0 saturated carbocycles. The van der Waals surface area contributed by atoms with Gasteiger partial charge in [0.05, 0.1) is 41.5 Å². The number of esters is 2. The standard InChI is InChI=1S/C19H19ClN2O7S/c1-22(2)17(23)15-6-5-13(20)10-16(15)21-30(26,27)14-8-11(18(24)28-3)7-12(9-14)19(25)29-4/h5-10,21H,1-4H3. The summed E-state index contributed by atoms with van der Waals surface area (Å²) in [5.41, 5.74) is -0.345. The fourth-order valence-corrected chi connectivity index (χ4v) is 3.77. The molecule has 1 amide bonds. The SMILES string of the molecule is COC(=O)c1cc(C(=O)OC)cc(S(=O)(=O)Nc2cc(Cl)ccc2C(=O)N(C)C)c1. The maximum atomic E-state index is 13.0. The van der Waals surface area contributed by atoms with E-state index in [-0.39, 0.29) is 27.4 Å². The third-order valence-electron chi connectivity index (χ3n) is 3.92. The zero-order valence-corrected chi connectivity index (χ0v) is 18.1. The molecule has 0 saturated heterocycles. The Labute approximate surface area is 178 Å². The topological polar surface area (TPSA) is 119 Å². The number of carbonyl (C=O) groups is 3. The molecule has 9 nitrogen and oxygen atoms in total. The number of sulfonamides is 1. The number of hydrogen-bond acceptors (Lipinski definition) is 7. The molecule has 0 fully saturated rings. The van der Waals surface area contributed by atoms with Gasteiger partial charge in [-0.3, -0.25) is 9.52 Å². The van der Waals surface area contributed by atoms with Crippen molar-refractivity contribution in [2.24, 2.45) is 0 Å². The lowest BCUT2D eigenvalue weighted by molar-refractivity contribution is 0.0598. The fraction of sp³-hybridized carbons (Fsp3) is 0.211. The van der Waals surface area contributed by atoms with Crippen LogP contribution in [-0.2, 0) is 19.5 Å². The first-order valence-electron chi connectivity index (χ1n) is 8.36. The van der Waals surface area contributed by atoms with Gasteiger partial charge in [0.15, 0.2) is 0 Å². The Bertz CT molecular complexity index is 1080. The van der Waals surface area contributed by atoms with Crippen LogP contribution in [0.25, 0.3) is 0 Å². The Morgan fingerprint density at radius 2 is 1.47 bits per heavy atom. The predicted molar refractivity (Wildman–Crippen MR) is 109 cm³/mol. The predicted octanol–water partition coefficient (Wildman–Crippen LogP) is 2.42. The van der Waals surface area contributed by atoms with E-state index in [0.29, 0.717) is 0 Å². The molecule has 11 heteroatoms. The lowest BCUT2D eigenvalue weighted by Crippen LogP contribution is -2.24. The van der Waals surface area contributed by atoms with Gasteiger partial charge in [0.2, 0.25) is 0 Å². The molecule has 0 bridgehead atoms. The van der Waals surface area contributed by atoms with E-state index >= 15 is 0 Å². The highest BCUT2D eigenvalue weighted by molar-refractivity contribution is 7.92. The summed E-state index contributed by atoms with van der Waals surface area (Å²) >= 11 is 5.97.